The van der Waals surface area contributed by atoms with Crippen LogP contribution in [0.3, 0.4) is 0 Å². The average Bonchev–Trinajstić information content (AvgIpc) is 3.19. The van der Waals surface area contributed by atoms with Gasteiger partial charge in [-0.1, -0.05) is 68.5 Å². The quantitative estimate of drug-likeness (QED) is 0.454. The van der Waals surface area contributed by atoms with E-state index in [2.05, 4.69) is 0 Å². The van der Waals surface area contributed by atoms with E-state index in [1.165, 1.54) is 11.8 Å². The maximum Gasteiger partial charge on any atom is 0.311 e. The molecule has 2 amide bonds. The molecular formula is C29H36N2O5S. The molecule has 1 spiro atoms. The molecule has 1 aromatic rings. The number of likely N-dealkylation sites (tertiary alicyclic amines) is 1. The van der Waals surface area contributed by atoms with Gasteiger partial charge < -0.3 is 19.6 Å². The molecule has 5 rings (SSSR count). The zero-order valence-electron chi connectivity index (χ0n) is 21.7. The van der Waals surface area contributed by atoms with Crippen molar-refractivity contribution in [1.82, 2.24) is 9.80 Å². The molecule has 6 atom stereocenters. The predicted octanol–water partition coefficient (Wildman–Crippen LogP) is 3.18. The van der Waals surface area contributed by atoms with E-state index in [4.69, 9.17) is 4.74 Å². The Morgan fingerprint density at radius 2 is 1.84 bits per heavy atom. The van der Waals surface area contributed by atoms with Crippen LogP contribution in [0.25, 0.3) is 0 Å². The first-order chi connectivity index (χ1) is 17.7. The van der Waals surface area contributed by atoms with E-state index in [1.54, 1.807) is 9.80 Å². The van der Waals surface area contributed by atoms with Crippen LogP contribution < -0.4 is 0 Å². The van der Waals surface area contributed by atoms with Crippen molar-refractivity contribution in [2.45, 2.75) is 61.7 Å². The predicted molar refractivity (Wildman–Crippen MR) is 142 cm³/mol. The van der Waals surface area contributed by atoms with E-state index in [-0.39, 0.29) is 36.9 Å². The van der Waals surface area contributed by atoms with E-state index in [0.717, 1.165) is 5.56 Å². The van der Waals surface area contributed by atoms with E-state index >= 15 is 0 Å². The third kappa shape index (κ3) is 4.32. The van der Waals surface area contributed by atoms with Crippen molar-refractivity contribution in [2.24, 2.45) is 17.8 Å². The van der Waals surface area contributed by atoms with Gasteiger partial charge in [0.1, 0.15) is 6.04 Å². The van der Waals surface area contributed by atoms with Crippen LogP contribution in [0.5, 0.6) is 0 Å². The Bertz CT molecular complexity index is 1120. The number of aliphatic hydroxyl groups is 1. The molecule has 198 valence electrons. The number of cyclic esters (lactones) is 1. The van der Waals surface area contributed by atoms with Crippen LogP contribution in [-0.2, 0) is 25.7 Å². The van der Waals surface area contributed by atoms with Crippen molar-refractivity contribution >= 4 is 29.5 Å². The molecule has 8 heteroatoms. The molecule has 7 nitrogen and oxygen atoms in total. The molecule has 37 heavy (non-hydrogen) atoms. The second kappa shape index (κ2) is 9.95. The van der Waals surface area contributed by atoms with Gasteiger partial charge in [0.25, 0.3) is 0 Å². The first-order valence-corrected chi connectivity index (χ1v) is 14.0. The molecular weight excluding hydrogens is 488 g/mol. The van der Waals surface area contributed by atoms with Crippen LogP contribution in [0.4, 0.5) is 0 Å². The minimum absolute atomic E-state index is 0.144. The minimum atomic E-state index is -0.933. The lowest BCUT2D eigenvalue weighted by Crippen LogP contribution is -2.56. The summed E-state index contributed by atoms with van der Waals surface area (Å²) in [4.78, 5) is 45.6. The molecule has 0 radical (unpaired) electrons. The number of hydrogen-bond donors (Lipinski definition) is 1. The molecule has 1 N–H and O–H groups in total. The summed E-state index contributed by atoms with van der Waals surface area (Å²) in [5, 5.41) is 10.4. The Labute approximate surface area is 222 Å². The van der Waals surface area contributed by atoms with Crippen LogP contribution in [0, 0.1) is 17.8 Å². The molecule has 0 bridgehead atoms. The number of aliphatic hydroxyl groups excluding tert-OH is 1. The van der Waals surface area contributed by atoms with Crippen molar-refractivity contribution in [1.29, 1.82) is 0 Å². The lowest BCUT2D eigenvalue weighted by atomic mass is 9.74. The zero-order chi connectivity index (χ0) is 26.4. The van der Waals surface area contributed by atoms with Gasteiger partial charge in [-0.15, -0.1) is 11.8 Å². The van der Waals surface area contributed by atoms with Gasteiger partial charge in [-0.05, 0) is 31.2 Å². The second-order valence-electron chi connectivity index (χ2n) is 11.2. The minimum Gasteiger partial charge on any atom is -0.465 e. The number of benzene rings is 1. The van der Waals surface area contributed by atoms with Gasteiger partial charge >= 0.3 is 5.97 Å². The molecule has 0 aromatic heterocycles. The fraction of sp³-hybridized carbons (Fsp3) is 0.552. The van der Waals surface area contributed by atoms with Crippen molar-refractivity contribution in [3.05, 3.63) is 60.2 Å². The molecule has 1 aromatic carbocycles. The summed E-state index contributed by atoms with van der Waals surface area (Å²) in [6.45, 7) is 6.94. The Kier molecular flexibility index (Phi) is 7.00. The highest BCUT2D eigenvalue weighted by molar-refractivity contribution is 8.02. The molecule has 2 saturated heterocycles. The lowest BCUT2D eigenvalue weighted by Gasteiger charge is -2.40. The van der Waals surface area contributed by atoms with Gasteiger partial charge in [0.2, 0.25) is 11.8 Å². The Morgan fingerprint density at radius 1 is 1.08 bits per heavy atom. The van der Waals surface area contributed by atoms with Crippen LogP contribution in [-0.4, -0.2) is 74.0 Å². The number of hydrogen-bond acceptors (Lipinski definition) is 6. The third-order valence-corrected chi connectivity index (χ3v) is 9.90. The Hall–Kier alpha value is -2.58. The fourth-order valence-corrected chi connectivity index (χ4v) is 8.77. The van der Waals surface area contributed by atoms with Gasteiger partial charge in [-0.3, -0.25) is 14.4 Å². The first-order valence-electron chi connectivity index (χ1n) is 13.2. The molecule has 4 aliphatic heterocycles. The molecule has 0 aliphatic carbocycles. The number of thioether (sulfide) groups is 1. The largest absolute Gasteiger partial charge is 0.465 e. The fourth-order valence-electron chi connectivity index (χ4n) is 6.63. The summed E-state index contributed by atoms with van der Waals surface area (Å²) < 4.78 is 3.98. The smallest absolute Gasteiger partial charge is 0.311 e. The van der Waals surface area contributed by atoms with Gasteiger partial charge in [-0.2, -0.15) is 0 Å². The van der Waals surface area contributed by atoms with E-state index in [1.807, 2.05) is 75.4 Å². The van der Waals surface area contributed by atoms with E-state index in [9.17, 15) is 19.5 Å². The summed E-state index contributed by atoms with van der Waals surface area (Å²) in [6, 6.07) is 8.48. The number of nitrogens with zero attached hydrogens (tertiary/aromatic N) is 2. The van der Waals surface area contributed by atoms with Crippen LogP contribution >= 0.6 is 11.8 Å². The van der Waals surface area contributed by atoms with Crippen LogP contribution in [0.2, 0.25) is 0 Å². The summed E-state index contributed by atoms with van der Waals surface area (Å²) >= 11 is 1.54. The molecule has 0 saturated carbocycles. The van der Waals surface area contributed by atoms with Crippen molar-refractivity contribution in [3.8, 4) is 0 Å². The standard InChI is InChI=1S/C29H36N2O5S/c1-19(2)16-21(18-32)31-24-26(34)30(17-20-10-5-4-6-11-20)14-9-13-29(24)22(25(31)33)23-27(35)36-15-8-7-12-28(23,3)37-29/h4-7,9-13,19,21-24,32H,8,14-18H2,1-3H3/t21-,22+,23-,24?,28+,29+/m1/s1. The first kappa shape index (κ1) is 26.0. The van der Waals surface area contributed by atoms with Crippen molar-refractivity contribution < 1.29 is 24.2 Å². The molecule has 2 fully saturated rings. The van der Waals surface area contributed by atoms with Crippen LogP contribution in [0.15, 0.2) is 54.6 Å². The number of amides is 2. The summed E-state index contributed by atoms with van der Waals surface area (Å²) in [5.41, 5.74) is 1.01. The van der Waals surface area contributed by atoms with Gasteiger partial charge in [0, 0.05) is 17.8 Å². The number of ether oxygens (including phenoxy) is 1. The Balaban J connectivity index is 1.63. The lowest BCUT2D eigenvalue weighted by molar-refractivity contribution is -0.155. The SMILES string of the molecule is CC(C)C[C@H](CO)N1C(=O)[C@@H]2[C@@H]3C(=O)OCCC=C[C@]3(C)S[C@@]23C=CCN(Cc2ccccc2)C(=O)C13. The highest BCUT2D eigenvalue weighted by Crippen LogP contribution is 2.65. The van der Waals surface area contributed by atoms with Crippen molar-refractivity contribution in [2.75, 3.05) is 19.8 Å². The highest BCUT2D eigenvalue weighted by atomic mass is 32.2. The number of rotatable bonds is 6. The van der Waals surface area contributed by atoms with E-state index < -0.39 is 33.4 Å². The van der Waals surface area contributed by atoms with Gasteiger partial charge in [0.15, 0.2) is 0 Å². The van der Waals surface area contributed by atoms with Gasteiger partial charge in [0.05, 0.1) is 35.8 Å². The molecule has 4 heterocycles. The summed E-state index contributed by atoms with van der Waals surface area (Å²) in [7, 11) is 0. The molecule has 1 unspecified atom stereocenters. The summed E-state index contributed by atoms with van der Waals surface area (Å²) in [5.74, 6) is -2.02. The van der Waals surface area contributed by atoms with Gasteiger partial charge in [-0.25, -0.2) is 0 Å². The second-order valence-corrected chi connectivity index (χ2v) is 13.0. The maximum atomic E-state index is 14.4. The monoisotopic (exact) mass is 524 g/mol. The molecule has 4 aliphatic rings. The van der Waals surface area contributed by atoms with E-state index in [0.29, 0.717) is 25.9 Å². The summed E-state index contributed by atoms with van der Waals surface area (Å²) in [6.07, 6.45) is 9.22. The number of carbonyl (C=O) groups excluding carboxylic acids is 3. The van der Waals surface area contributed by atoms with Crippen molar-refractivity contribution in [3.63, 3.8) is 0 Å². The average molecular weight is 525 g/mol. The highest BCUT2D eigenvalue weighted by Gasteiger charge is 2.74. The normalized spacial score (nSPS) is 34.0. The number of fused-ring (bicyclic) bond motifs is 2. The Morgan fingerprint density at radius 3 is 2.54 bits per heavy atom. The van der Waals surface area contributed by atoms with Crippen LogP contribution in [0.1, 0.15) is 39.2 Å². The number of esters is 1. The topological polar surface area (TPSA) is 87.2 Å². The third-order valence-electron chi connectivity index (χ3n) is 8.10. The maximum absolute atomic E-state index is 14.4. The zero-order valence-corrected chi connectivity index (χ0v) is 22.5. The number of carbonyl (C=O) groups is 3.